The Hall–Kier alpha value is 0.290. The molecule has 0 aliphatic rings. The molecular formula is C19H39Cl. The van der Waals surface area contributed by atoms with E-state index >= 15 is 0 Å². The lowest BCUT2D eigenvalue weighted by Crippen LogP contribution is -2.07. The lowest BCUT2D eigenvalue weighted by Gasteiger charge is -2.18. The quantitative estimate of drug-likeness (QED) is 0.229. The fourth-order valence-electron chi connectivity index (χ4n) is 3.09. The largest absolute Gasteiger partial charge is 0.123 e. The van der Waals surface area contributed by atoms with Crippen LogP contribution in [0.4, 0.5) is 0 Å². The lowest BCUT2D eigenvalue weighted by atomic mass is 9.91. The number of unbranched alkanes of at least 4 members (excludes halogenated alkanes) is 3. The summed E-state index contributed by atoms with van der Waals surface area (Å²) in [5.74, 6) is 1.76. The van der Waals surface area contributed by atoms with Crippen molar-refractivity contribution in [1.29, 1.82) is 0 Å². The Morgan fingerprint density at radius 1 is 0.750 bits per heavy atom. The van der Waals surface area contributed by atoms with Crippen LogP contribution in [-0.2, 0) is 0 Å². The maximum absolute atomic E-state index is 6.52. The average molecular weight is 303 g/mol. The summed E-state index contributed by atoms with van der Waals surface area (Å²) < 4.78 is 0. The zero-order valence-electron chi connectivity index (χ0n) is 14.6. The highest BCUT2D eigenvalue weighted by Crippen LogP contribution is 2.24. The Balaban J connectivity index is 3.62. The fraction of sp³-hybridized carbons (Fsp3) is 1.00. The van der Waals surface area contributed by atoms with Crippen LogP contribution in [0.15, 0.2) is 0 Å². The van der Waals surface area contributed by atoms with E-state index in [9.17, 15) is 0 Å². The van der Waals surface area contributed by atoms with Crippen LogP contribution >= 0.6 is 11.6 Å². The minimum absolute atomic E-state index is 0.412. The van der Waals surface area contributed by atoms with Gasteiger partial charge in [-0.05, 0) is 24.7 Å². The molecule has 20 heavy (non-hydrogen) atoms. The number of hydrogen-bond acceptors (Lipinski definition) is 0. The summed E-state index contributed by atoms with van der Waals surface area (Å²) in [6.45, 7) is 9.29. The van der Waals surface area contributed by atoms with E-state index in [1.807, 2.05) is 0 Å². The molecule has 122 valence electrons. The minimum Gasteiger partial charge on any atom is -0.123 e. The standard InChI is InChI=1S/C19H39Cl/c1-5-8-10-12-17(4)16-19(20)15-11-14-18(7-3)13-9-6-2/h17-19H,5-16H2,1-4H3. The first-order chi connectivity index (χ1) is 9.63. The van der Waals surface area contributed by atoms with Gasteiger partial charge in [0.1, 0.15) is 0 Å². The first kappa shape index (κ1) is 20.3. The highest BCUT2D eigenvalue weighted by Gasteiger charge is 2.12. The fourth-order valence-corrected chi connectivity index (χ4v) is 3.55. The highest BCUT2D eigenvalue weighted by molar-refractivity contribution is 6.20. The molecule has 0 aromatic carbocycles. The second kappa shape index (κ2) is 14.2. The van der Waals surface area contributed by atoms with Crippen molar-refractivity contribution in [2.75, 3.05) is 0 Å². The van der Waals surface area contributed by atoms with Gasteiger partial charge in [-0.15, -0.1) is 11.6 Å². The van der Waals surface area contributed by atoms with Crippen molar-refractivity contribution < 1.29 is 0 Å². The Morgan fingerprint density at radius 3 is 2.00 bits per heavy atom. The molecule has 0 aliphatic carbocycles. The van der Waals surface area contributed by atoms with Crippen LogP contribution in [0, 0.1) is 11.8 Å². The van der Waals surface area contributed by atoms with Crippen LogP contribution in [0.2, 0.25) is 0 Å². The predicted octanol–water partition coefficient (Wildman–Crippen LogP) is 7.59. The second-order valence-corrected chi connectivity index (χ2v) is 7.40. The van der Waals surface area contributed by atoms with E-state index in [4.69, 9.17) is 11.6 Å². The highest BCUT2D eigenvalue weighted by atomic mass is 35.5. The van der Waals surface area contributed by atoms with Gasteiger partial charge in [-0.1, -0.05) is 91.9 Å². The van der Waals surface area contributed by atoms with Gasteiger partial charge in [0.25, 0.3) is 0 Å². The lowest BCUT2D eigenvalue weighted by molar-refractivity contribution is 0.390. The maximum Gasteiger partial charge on any atom is 0.0338 e. The van der Waals surface area contributed by atoms with Gasteiger partial charge in [-0.25, -0.2) is 0 Å². The number of alkyl halides is 1. The molecule has 1 heteroatoms. The van der Waals surface area contributed by atoms with Gasteiger partial charge >= 0.3 is 0 Å². The van der Waals surface area contributed by atoms with Gasteiger partial charge in [0.15, 0.2) is 0 Å². The van der Waals surface area contributed by atoms with Crippen LogP contribution in [0.5, 0.6) is 0 Å². The van der Waals surface area contributed by atoms with Gasteiger partial charge in [-0.2, -0.15) is 0 Å². The van der Waals surface area contributed by atoms with Crippen molar-refractivity contribution >= 4 is 11.6 Å². The zero-order chi connectivity index (χ0) is 15.2. The van der Waals surface area contributed by atoms with Crippen LogP contribution in [0.3, 0.4) is 0 Å². The second-order valence-electron chi connectivity index (χ2n) is 6.78. The topological polar surface area (TPSA) is 0 Å². The van der Waals surface area contributed by atoms with E-state index in [1.165, 1.54) is 77.0 Å². The molecule has 0 radical (unpaired) electrons. The molecular weight excluding hydrogens is 264 g/mol. The number of rotatable bonds is 14. The Morgan fingerprint density at radius 2 is 1.40 bits per heavy atom. The van der Waals surface area contributed by atoms with Crippen molar-refractivity contribution in [3.05, 3.63) is 0 Å². The monoisotopic (exact) mass is 302 g/mol. The molecule has 0 saturated carbocycles. The van der Waals surface area contributed by atoms with E-state index in [0.29, 0.717) is 5.38 Å². The molecule has 0 spiro atoms. The average Bonchev–Trinajstić information content (AvgIpc) is 2.42. The maximum atomic E-state index is 6.52. The van der Waals surface area contributed by atoms with E-state index in [-0.39, 0.29) is 0 Å². The van der Waals surface area contributed by atoms with Gasteiger partial charge in [-0.3, -0.25) is 0 Å². The molecule has 0 rings (SSSR count). The summed E-state index contributed by atoms with van der Waals surface area (Å²) in [5.41, 5.74) is 0. The first-order valence-electron chi connectivity index (χ1n) is 9.27. The summed E-state index contributed by atoms with van der Waals surface area (Å²) in [4.78, 5) is 0. The molecule has 0 N–H and O–H groups in total. The van der Waals surface area contributed by atoms with Crippen LogP contribution < -0.4 is 0 Å². The van der Waals surface area contributed by atoms with Crippen molar-refractivity contribution in [2.45, 2.75) is 110 Å². The molecule has 0 bridgehead atoms. The Kier molecular flexibility index (Phi) is 14.4. The van der Waals surface area contributed by atoms with Crippen LogP contribution in [-0.4, -0.2) is 5.38 Å². The molecule has 0 amide bonds. The Labute approximate surface area is 134 Å². The Bertz CT molecular complexity index is 190. The molecule has 0 saturated heterocycles. The van der Waals surface area contributed by atoms with Crippen LogP contribution in [0.25, 0.3) is 0 Å². The van der Waals surface area contributed by atoms with E-state index in [1.54, 1.807) is 0 Å². The van der Waals surface area contributed by atoms with E-state index in [0.717, 1.165) is 11.8 Å². The summed E-state index contributed by atoms with van der Waals surface area (Å²) in [7, 11) is 0. The van der Waals surface area contributed by atoms with Gasteiger partial charge in [0.2, 0.25) is 0 Å². The third kappa shape index (κ3) is 12.1. The molecule has 0 heterocycles. The molecule has 0 aromatic heterocycles. The smallest absolute Gasteiger partial charge is 0.0338 e. The third-order valence-electron chi connectivity index (χ3n) is 4.63. The van der Waals surface area contributed by atoms with E-state index in [2.05, 4.69) is 27.7 Å². The van der Waals surface area contributed by atoms with Gasteiger partial charge < -0.3 is 0 Å². The van der Waals surface area contributed by atoms with Gasteiger partial charge in [0, 0.05) is 5.38 Å². The number of halogens is 1. The van der Waals surface area contributed by atoms with Crippen molar-refractivity contribution in [2.24, 2.45) is 11.8 Å². The van der Waals surface area contributed by atoms with Crippen LogP contribution in [0.1, 0.15) is 105 Å². The zero-order valence-corrected chi connectivity index (χ0v) is 15.4. The summed E-state index contributed by atoms with van der Waals surface area (Å²) in [6.07, 6.45) is 16.1. The summed E-state index contributed by atoms with van der Waals surface area (Å²) in [6, 6.07) is 0. The summed E-state index contributed by atoms with van der Waals surface area (Å²) >= 11 is 6.52. The first-order valence-corrected chi connectivity index (χ1v) is 9.71. The predicted molar refractivity (Wildman–Crippen MR) is 94.7 cm³/mol. The molecule has 0 aliphatic heterocycles. The summed E-state index contributed by atoms with van der Waals surface area (Å²) in [5, 5.41) is 0.412. The molecule has 0 aromatic rings. The van der Waals surface area contributed by atoms with E-state index < -0.39 is 0 Å². The molecule has 3 unspecified atom stereocenters. The SMILES string of the molecule is CCCCCC(C)CC(Cl)CCCC(CC)CCCC. The number of hydrogen-bond donors (Lipinski definition) is 0. The molecule has 0 nitrogen and oxygen atoms in total. The molecule has 0 fully saturated rings. The van der Waals surface area contributed by atoms with Crippen molar-refractivity contribution in [3.63, 3.8) is 0 Å². The normalized spacial score (nSPS) is 16.1. The van der Waals surface area contributed by atoms with Gasteiger partial charge in [0.05, 0.1) is 0 Å². The van der Waals surface area contributed by atoms with Crippen molar-refractivity contribution in [3.8, 4) is 0 Å². The third-order valence-corrected chi connectivity index (χ3v) is 5.03. The minimum atomic E-state index is 0.412. The van der Waals surface area contributed by atoms with Crippen molar-refractivity contribution in [1.82, 2.24) is 0 Å². The molecule has 3 atom stereocenters.